The zero-order valence-electron chi connectivity index (χ0n) is 10.3. The van der Waals surface area contributed by atoms with E-state index in [0.29, 0.717) is 5.56 Å². The van der Waals surface area contributed by atoms with Crippen LogP contribution in [0.25, 0.3) is 5.32 Å². The van der Waals surface area contributed by atoms with Gasteiger partial charge in [-0.1, -0.05) is 6.92 Å². The van der Waals surface area contributed by atoms with Crippen LogP contribution >= 0.6 is 0 Å². The fourth-order valence-corrected chi connectivity index (χ4v) is 1.71. The maximum Gasteiger partial charge on any atom is 2.00 e. The number of nitrogens with one attached hydrogen (secondary N) is 1. The van der Waals surface area contributed by atoms with E-state index in [1.165, 1.54) is 0 Å². The summed E-state index contributed by atoms with van der Waals surface area (Å²) in [4.78, 5) is 34.6. The summed E-state index contributed by atoms with van der Waals surface area (Å²) < 4.78 is 0. The Morgan fingerprint density at radius 3 is 2.74 bits per heavy atom. The largest absolute Gasteiger partial charge is 2.00 e. The first-order chi connectivity index (χ1) is 8.51. The van der Waals surface area contributed by atoms with Gasteiger partial charge in [0.1, 0.15) is 0 Å². The molecule has 1 unspecified atom stereocenters. The second kappa shape index (κ2) is 6.11. The summed E-state index contributed by atoms with van der Waals surface area (Å²) >= 11 is 0. The molecule has 1 heterocycles. The van der Waals surface area contributed by atoms with Crippen LogP contribution in [0.3, 0.4) is 0 Å². The van der Waals surface area contributed by atoms with Gasteiger partial charge in [0.2, 0.25) is 11.8 Å². The van der Waals surface area contributed by atoms with E-state index in [1.807, 2.05) is 0 Å². The minimum atomic E-state index is -1.17. The fourth-order valence-electron chi connectivity index (χ4n) is 1.71. The van der Waals surface area contributed by atoms with Crippen molar-refractivity contribution in [1.29, 1.82) is 0 Å². The standard InChI is InChI=1S/C13H13N2O3.W/c1-13(8-7-10(16)14-12(13)18)15-11(17)9-5-3-2-4-6-9;/h2-5H,7-8H2,1H3,(H2,14,15,16,17,18);/q-1;+2/p-1. The molecule has 1 aliphatic rings. The number of benzene rings is 1. The van der Waals surface area contributed by atoms with Crippen LogP contribution < -0.4 is 5.32 Å². The number of imide groups is 1. The molecule has 1 aromatic rings. The van der Waals surface area contributed by atoms with Gasteiger partial charge in [-0.2, -0.15) is 0 Å². The van der Waals surface area contributed by atoms with Gasteiger partial charge in [-0.3, -0.25) is 14.9 Å². The molecule has 0 aromatic heterocycles. The van der Waals surface area contributed by atoms with Crippen molar-refractivity contribution in [2.24, 2.45) is 0 Å². The number of rotatable bonds is 2. The van der Waals surface area contributed by atoms with E-state index in [4.69, 9.17) is 0 Å². The van der Waals surface area contributed by atoms with Gasteiger partial charge < -0.3 is 10.1 Å². The fraction of sp³-hybridized carbons (Fsp3) is 0.308. The van der Waals surface area contributed by atoms with E-state index in [2.05, 4.69) is 16.7 Å². The van der Waals surface area contributed by atoms with Crippen molar-refractivity contribution < 1.29 is 35.4 Å². The molecule has 98 valence electrons. The molecule has 0 aliphatic carbocycles. The number of carbonyl (C=O) groups excluding carboxylic acids is 3. The predicted molar refractivity (Wildman–Crippen MR) is 63.8 cm³/mol. The third-order valence-corrected chi connectivity index (χ3v) is 2.87. The van der Waals surface area contributed by atoms with Crippen molar-refractivity contribution in [2.45, 2.75) is 25.3 Å². The van der Waals surface area contributed by atoms with Crippen LogP contribution in [-0.2, 0) is 30.7 Å². The molecule has 0 radical (unpaired) electrons. The Hall–Kier alpha value is -1.48. The Kier molecular flexibility index (Phi) is 5.01. The number of amides is 3. The van der Waals surface area contributed by atoms with Crippen LogP contribution in [0.4, 0.5) is 0 Å². The van der Waals surface area contributed by atoms with Crippen molar-refractivity contribution in [2.75, 3.05) is 0 Å². The molecule has 1 saturated heterocycles. The van der Waals surface area contributed by atoms with Crippen molar-refractivity contribution >= 4 is 17.7 Å². The summed E-state index contributed by atoms with van der Waals surface area (Å²) in [5.74, 6) is -1.35. The summed E-state index contributed by atoms with van der Waals surface area (Å²) in [6.07, 6.45) is 0.438. The van der Waals surface area contributed by atoms with E-state index in [-0.39, 0.29) is 39.8 Å². The van der Waals surface area contributed by atoms with Crippen LogP contribution in [0, 0.1) is 6.07 Å². The summed E-state index contributed by atoms with van der Waals surface area (Å²) in [6, 6.07) is 9.39. The number of hydrogen-bond acceptors (Lipinski definition) is 3. The van der Waals surface area contributed by atoms with Gasteiger partial charge in [0.15, 0.2) is 0 Å². The molecule has 6 heteroatoms. The Morgan fingerprint density at radius 2 is 2.16 bits per heavy atom. The van der Waals surface area contributed by atoms with Crippen molar-refractivity contribution in [1.82, 2.24) is 5.32 Å². The number of nitrogens with zero attached hydrogens (tertiary/aromatic N) is 1. The number of hydrogen-bond donors (Lipinski definition) is 1. The summed E-state index contributed by atoms with van der Waals surface area (Å²) in [5, 5.41) is 6.11. The first-order valence-corrected chi connectivity index (χ1v) is 5.59. The normalized spacial score (nSPS) is 22.2. The molecule has 0 bridgehead atoms. The van der Waals surface area contributed by atoms with Crippen LogP contribution in [0.1, 0.15) is 30.1 Å². The first-order valence-electron chi connectivity index (χ1n) is 5.59. The van der Waals surface area contributed by atoms with Crippen LogP contribution in [0.5, 0.6) is 0 Å². The molecule has 1 aromatic carbocycles. The van der Waals surface area contributed by atoms with Gasteiger partial charge in [-0.15, -0.1) is 35.9 Å². The molecule has 2 rings (SSSR count). The second-order valence-corrected chi connectivity index (χ2v) is 4.34. The minimum absolute atomic E-state index is 0. The van der Waals surface area contributed by atoms with Crippen LogP contribution in [0.2, 0.25) is 0 Å². The third kappa shape index (κ3) is 3.50. The molecule has 5 nitrogen and oxygen atoms in total. The molecule has 1 aliphatic heterocycles. The average Bonchev–Trinajstić information content (AvgIpc) is 2.36. The molecule has 0 saturated carbocycles. The SMILES string of the molecule is CC1([N-]C(=O)c2[c-]cccc2)CCC(=O)NC1=O.[W+2]. The number of carbonyl (C=O) groups is 3. The van der Waals surface area contributed by atoms with Gasteiger partial charge in [-0.05, 0) is 17.9 Å². The zero-order valence-corrected chi connectivity index (χ0v) is 13.2. The quantitative estimate of drug-likeness (QED) is 0.568. The molecule has 3 amide bonds. The molecular weight excluding hydrogens is 416 g/mol. The molecule has 19 heavy (non-hydrogen) atoms. The first kappa shape index (κ1) is 15.6. The van der Waals surface area contributed by atoms with Gasteiger partial charge >= 0.3 is 21.1 Å². The molecule has 1 atom stereocenters. The van der Waals surface area contributed by atoms with Crippen LogP contribution in [-0.4, -0.2) is 23.3 Å². The minimum Gasteiger partial charge on any atom is -0.682 e. The summed E-state index contributed by atoms with van der Waals surface area (Å²) in [5.41, 5.74) is -0.863. The summed E-state index contributed by atoms with van der Waals surface area (Å²) in [7, 11) is 0. The number of piperidine rings is 1. The maximum absolute atomic E-state index is 11.9. The van der Waals surface area contributed by atoms with E-state index in [9.17, 15) is 14.4 Å². The Balaban J connectivity index is 0.00000180. The maximum atomic E-state index is 11.9. The van der Waals surface area contributed by atoms with Crippen LogP contribution in [0.15, 0.2) is 24.3 Å². The van der Waals surface area contributed by atoms with Gasteiger partial charge in [0.05, 0.1) is 0 Å². The molecule has 0 spiro atoms. The summed E-state index contributed by atoms with van der Waals surface area (Å²) in [6.45, 7) is 1.55. The van der Waals surface area contributed by atoms with E-state index >= 15 is 0 Å². The monoisotopic (exact) mass is 428 g/mol. The molecular formula is C13H12N2O3W. The van der Waals surface area contributed by atoms with Gasteiger partial charge in [-0.25, -0.2) is 0 Å². The average molecular weight is 428 g/mol. The zero-order chi connectivity index (χ0) is 13.2. The Labute approximate surface area is 125 Å². The van der Waals surface area contributed by atoms with Gasteiger partial charge in [0, 0.05) is 6.42 Å². The predicted octanol–water partition coefficient (Wildman–Crippen LogP) is 1.19. The van der Waals surface area contributed by atoms with Gasteiger partial charge in [0.25, 0.3) is 0 Å². The topological polar surface area (TPSA) is 77.3 Å². The Morgan fingerprint density at radius 1 is 1.42 bits per heavy atom. The van der Waals surface area contributed by atoms with E-state index in [0.717, 1.165) is 0 Å². The third-order valence-electron chi connectivity index (χ3n) is 2.87. The van der Waals surface area contributed by atoms with Crippen molar-refractivity contribution in [3.05, 3.63) is 41.2 Å². The smallest absolute Gasteiger partial charge is 0.682 e. The molecule has 1 N–H and O–H groups in total. The second-order valence-electron chi connectivity index (χ2n) is 4.34. The van der Waals surface area contributed by atoms with E-state index < -0.39 is 17.4 Å². The van der Waals surface area contributed by atoms with Crippen molar-refractivity contribution in [3.8, 4) is 0 Å². The van der Waals surface area contributed by atoms with E-state index in [1.54, 1.807) is 31.2 Å². The Bertz CT molecular complexity index is 504. The van der Waals surface area contributed by atoms with Crippen molar-refractivity contribution in [3.63, 3.8) is 0 Å². The molecule has 1 fully saturated rings.